The Bertz CT molecular complexity index is 1010. The van der Waals surface area contributed by atoms with Gasteiger partial charge in [0, 0.05) is 41.9 Å². The van der Waals surface area contributed by atoms with E-state index < -0.39 is 0 Å². The van der Waals surface area contributed by atoms with Gasteiger partial charge in [-0.2, -0.15) is 0 Å². The zero-order valence-corrected chi connectivity index (χ0v) is 19.3. The van der Waals surface area contributed by atoms with Crippen molar-refractivity contribution in [1.82, 2.24) is 9.47 Å². The van der Waals surface area contributed by atoms with Gasteiger partial charge in [-0.25, -0.2) is 0 Å². The zero-order chi connectivity index (χ0) is 21.1. The van der Waals surface area contributed by atoms with Crippen LogP contribution in [0.5, 0.6) is 0 Å². The number of rotatable bonds is 5. The van der Waals surface area contributed by atoms with Gasteiger partial charge in [-0.3, -0.25) is 0 Å². The summed E-state index contributed by atoms with van der Waals surface area (Å²) in [5.41, 5.74) is 6.31. The van der Waals surface area contributed by atoms with Crippen LogP contribution in [0.1, 0.15) is 55.7 Å². The van der Waals surface area contributed by atoms with Gasteiger partial charge in [0.25, 0.3) is 0 Å². The van der Waals surface area contributed by atoms with Crippen molar-refractivity contribution in [3.8, 4) is 0 Å². The van der Waals surface area contributed by atoms with E-state index in [1.165, 1.54) is 59.7 Å². The summed E-state index contributed by atoms with van der Waals surface area (Å²) in [6.45, 7) is 8.35. The molecule has 1 aliphatic rings. The van der Waals surface area contributed by atoms with Crippen molar-refractivity contribution in [2.45, 2.75) is 72.0 Å². The number of nitrogens with zero attached hydrogens (tertiary/aromatic N) is 2. The van der Waals surface area contributed by atoms with Gasteiger partial charge in [0.1, 0.15) is 0 Å². The van der Waals surface area contributed by atoms with E-state index >= 15 is 0 Å². The molecule has 4 heteroatoms. The quantitative estimate of drug-likeness (QED) is 0.459. The second-order valence-corrected chi connectivity index (χ2v) is 8.96. The molecule has 0 aliphatic heterocycles. The fourth-order valence-electron chi connectivity index (χ4n) is 4.84. The second kappa shape index (κ2) is 9.22. The summed E-state index contributed by atoms with van der Waals surface area (Å²) in [5.74, 6) is 0. The predicted molar refractivity (Wildman–Crippen MR) is 132 cm³/mol. The number of hydrogen-bond donors (Lipinski definition) is 1. The van der Waals surface area contributed by atoms with E-state index in [2.05, 4.69) is 84.2 Å². The van der Waals surface area contributed by atoms with Gasteiger partial charge in [-0.15, -0.1) is 0 Å². The van der Waals surface area contributed by atoms with Gasteiger partial charge < -0.3 is 14.8 Å². The molecular weight excluding hydrogens is 386 g/mol. The number of thiocarbonyl (C=S) groups is 1. The average Bonchev–Trinajstić information content (AvgIpc) is 3.13. The average molecular weight is 420 g/mol. The topological polar surface area (TPSA) is 20.2 Å². The van der Waals surface area contributed by atoms with Gasteiger partial charge in [0.2, 0.25) is 0 Å². The van der Waals surface area contributed by atoms with E-state index in [1.807, 2.05) is 0 Å². The van der Waals surface area contributed by atoms with Gasteiger partial charge in [0.15, 0.2) is 5.11 Å². The first-order chi connectivity index (χ1) is 14.6. The van der Waals surface area contributed by atoms with Crippen LogP contribution in [0.3, 0.4) is 0 Å². The molecule has 30 heavy (non-hydrogen) atoms. The molecule has 3 nitrogen and oxygen atoms in total. The highest BCUT2D eigenvalue weighted by atomic mass is 32.1. The summed E-state index contributed by atoms with van der Waals surface area (Å²) in [7, 11) is 0. The van der Waals surface area contributed by atoms with Crippen LogP contribution >= 0.6 is 12.2 Å². The maximum absolute atomic E-state index is 6.02. The van der Waals surface area contributed by atoms with Crippen LogP contribution in [0.2, 0.25) is 0 Å². The normalized spacial score (nSPS) is 14.8. The van der Waals surface area contributed by atoms with Crippen LogP contribution < -0.4 is 5.32 Å². The van der Waals surface area contributed by atoms with Crippen LogP contribution in [-0.4, -0.2) is 20.6 Å². The minimum atomic E-state index is 0.506. The van der Waals surface area contributed by atoms with Crippen LogP contribution in [-0.2, 0) is 13.1 Å². The molecule has 1 heterocycles. The van der Waals surface area contributed by atoms with Crippen LogP contribution in [0.25, 0.3) is 10.9 Å². The van der Waals surface area contributed by atoms with Crippen molar-refractivity contribution in [3.63, 3.8) is 0 Å². The predicted octanol–water partition coefficient (Wildman–Crippen LogP) is 6.81. The number of benzene rings is 2. The van der Waals surface area contributed by atoms with Crippen molar-refractivity contribution in [2.24, 2.45) is 0 Å². The lowest BCUT2D eigenvalue weighted by Gasteiger charge is -2.36. The summed E-state index contributed by atoms with van der Waals surface area (Å²) >= 11 is 6.02. The van der Waals surface area contributed by atoms with Crippen molar-refractivity contribution in [1.29, 1.82) is 0 Å². The minimum absolute atomic E-state index is 0.506. The minimum Gasteiger partial charge on any atom is -0.347 e. The Hall–Kier alpha value is -2.33. The molecule has 1 aliphatic carbocycles. The molecule has 158 valence electrons. The lowest BCUT2D eigenvalue weighted by atomic mass is 9.94. The molecule has 1 fully saturated rings. The van der Waals surface area contributed by atoms with Crippen molar-refractivity contribution in [2.75, 3.05) is 5.32 Å². The molecule has 0 saturated heterocycles. The van der Waals surface area contributed by atoms with E-state index in [0.717, 1.165) is 23.9 Å². The molecule has 1 N–H and O–H groups in total. The molecule has 4 rings (SSSR count). The number of anilines is 1. The monoisotopic (exact) mass is 419 g/mol. The number of hydrogen-bond acceptors (Lipinski definition) is 1. The Balaban J connectivity index is 1.66. The summed E-state index contributed by atoms with van der Waals surface area (Å²) < 4.78 is 2.35. The van der Waals surface area contributed by atoms with Gasteiger partial charge in [-0.1, -0.05) is 55.7 Å². The number of nitrogens with one attached hydrogen (secondary N) is 1. The molecule has 0 bridgehead atoms. The number of aromatic nitrogens is 1. The Morgan fingerprint density at radius 2 is 1.73 bits per heavy atom. The molecular formula is C26H33N3S. The Morgan fingerprint density at radius 3 is 2.43 bits per heavy atom. The first kappa shape index (κ1) is 20.9. The third kappa shape index (κ3) is 4.24. The molecule has 1 aromatic heterocycles. The van der Waals surface area contributed by atoms with Gasteiger partial charge in [-0.05, 0) is 68.6 Å². The molecule has 0 amide bonds. The molecule has 1 saturated carbocycles. The highest BCUT2D eigenvalue weighted by Gasteiger charge is 2.25. The van der Waals surface area contributed by atoms with E-state index in [1.54, 1.807) is 0 Å². The fourth-order valence-corrected chi connectivity index (χ4v) is 5.16. The van der Waals surface area contributed by atoms with Gasteiger partial charge >= 0.3 is 0 Å². The highest BCUT2D eigenvalue weighted by molar-refractivity contribution is 7.80. The number of aryl methyl sites for hydroxylation is 3. The fraction of sp³-hybridized carbons (Fsp3) is 0.423. The lowest BCUT2D eigenvalue weighted by molar-refractivity contribution is 0.241. The van der Waals surface area contributed by atoms with Crippen molar-refractivity contribution < 1.29 is 0 Å². The summed E-state index contributed by atoms with van der Waals surface area (Å²) in [5, 5.41) is 5.81. The molecule has 0 radical (unpaired) electrons. The lowest BCUT2D eigenvalue weighted by Crippen LogP contribution is -2.43. The smallest absolute Gasteiger partial charge is 0.173 e. The zero-order valence-electron chi connectivity index (χ0n) is 18.4. The Morgan fingerprint density at radius 1 is 1.03 bits per heavy atom. The summed E-state index contributed by atoms with van der Waals surface area (Å²) in [6, 6.07) is 15.7. The number of para-hydroxylation sites is 2. The van der Waals surface area contributed by atoms with E-state index in [4.69, 9.17) is 12.2 Å². The van der Waals surface area contributed by atoms with Crippen molar-refractivity contribution in [3.05, 3.63) is 65.4 Å². The molecule has 2 aromatic carbocycles. The second-order valence-electron chi connectivity index (χ2n) is 8.57. The Labute approximate surface area is 186 Å². The van der Waals surface area contributed by atoms with E-state index in [9.17, 15) is 0 Å². The Kier molecular flexibility index (Phi) is 6.43. The van der Waals surface area contributed by atoms with Crippen LogP contribution in [0.15, 0.2) is 48.7 Å². The third-order valence-electron chi connectivity index (χ3n) is 6.54. The SMILES string of the molecule is CCn1cc(CN(C(=S)Nc2c(C)cccc2C)C2CCCCC2)c2ccccc21. The molecule has 3 aromatic rings. The third-order valence-corrected chi connectivity index (χ3v) is 6.88. The van der Waals surface area contributed by atoms with Crippen molar-refractivity contribution >= 4 is 33.9 Å². The highest BCUT2D eigenvalue weighted by Crippen LogP contribution is 2.29. The summed E-state index contributed by atoms with van der Waals surface area (Å²) in [6.07, 6.45) is 8.70. The number of fused-ring (bicyclic) bond motifs is 1. The standard InChI is InChI=1S/C26H33N3S/c1-4-28-17-21(23-15-8-9-16-24(23)28)18-29(22-13-6-5-7-14-22)26(30)27-25-19(2)11-10-12-20(25)3/h8-12,15-17,22H,4-7,13-14,18H2,1-3H3,(H,27,30). The molecule has 0 unspecified atom stereocenters. The van der Waals surface area contributed by atoms with E-state index in [0.29, 0.717) is 6.04 Å². The van der Waals surface area contributed by atoms with Gasteiger partial charge in [0.05, 0.1) is 0 Å². The summed E-state index contributed by atoms with van der Waals surface area (Å²) in [4.78, 5) is 2.46. The first-order valence-electron chi connectivity index (χ1n) is 11.3. The maximum Gasteiger partial charge on any atom is 0.173 e. The first-order valence-corrected chi connectivity index (χ1v) is 11.7. The maximum atomic E-state index is 6.02. The largest absolute Gasteiger partial charge is 0.347 e. The molecule has 0 spiro atoms. The van der Waals surface area contributed by atoms with Crippen LogP contribution in [0, 0.1) is 13.8 Å². The van der Waals surface area contributed by atoms with E-state index in [-0.39, 0.29) is 0 Å². The van der Waals surface area contributed by atoms with Crippen LogP contribution in [0.4, 0.5) is 5.69 Å². The molecule has 0 atom stereocenters.